The number of halogens is 3. The Labute approximate surface area is 127 Å². The molecule has 1 aliphatic carbocycles. The van der Waals surface area contributed by atoms with Crippen LogP contribution < -0.4 is 4.74 Å². The molecule has 0 aromatic heterocycles. The fourth-order valence-corrected chi connectivity index (χ4v) is 3.60. The summed E-state index contributed by atoms with van der Waals surface area (Å²) in [5.41, 5.74) is 0. The van der Waals surface area contributed by atoms with Crippen LogP contribution in [0.15, 0.2) is 41.3 Å². The highest BCUT2D eigenvalue weighted by Gasteiger charge is 2.32. The Kier molecular flexibility index (Phi) is 4.81. The Morgan fingerprint density at radius 1 is 1.23 bits per heavy atom. The molecule has 1 aromatic carbocycles. The normalized spacial score (nSPS) is 19.4. The number of allylic oxidation sites excluding steroid dienone is 1. The van der Waals surface area contributed by atoms with Gasteiger partial charge in [0.15, 0.2) is 0 Å². The molecule has 0 aliphatic heterocycles. The van der Waals surface area contributed by atoms with Crippen LogP contribution in [0.3, 0.4) is 0 Å². The minimum absolute atomic E-state index is 0.0662. The van der Waals surface area contributed by atoms with Crippen molar-refractivity contribution in [3.8, 4) is 5.75 Å². The molecule has 22 heavy (non-hydrogen) atoms. The second-order valence-electron chi connectivity index (χ2n) is 4.97. The van der Waals surface area contributed by atoms with E-state index in [0.717, 1.165) is 43.5 Å². The van der Waals surface area contributed by atoms with E-state index in [2.05, 4.69) is 4.74 Å². The molecule has 0 amide bonds. The lowest BCUT2D eigenvalue weighted by molar-refractivity contribution is -0.274. The lowest BCUT2D eigenvalue weighted by Crippen LogP contribution is -2.36. The molecule has 2 rings (SSSR count). The molecule has 1 unspecified atom stereocenters. The second kappa shape index (κ2) is 6.29. The minimum Gasteiger partial charge on any atom is -0.406 e. The van der Waals surface area contributed by atoms with Crippen molar-refractivity contribution in [1.82, 2.24) is 4.31 Å². The Hall–Kier alpha value is -1.54. The number of hydrogen-bond donors (Lipinski definition) is 0. The third-order valence-corrected chi connectivity index (χ3v) is 5.33. The number of benzene rings is 1. The summed E-state index contributed by atoms with van der Waals surface area (Å²) in [5.74, 6) is -0.452. The average Bonchev–Trinajstić information content (AvgIpc) is 2.46. The topological polar surface area (TPSA) is 46.6 Å². The van der Waals surface area contributed by atoms with Gasteiger partial charge < -0.3 is 4.74 Å². The Morgan fingerprint density at radius 2 is 1.86 bits per heavy atom. The second-order valence-corrected chi connectivity index (χ2v) is 6.96. The number of nitrogens with zero attached hydrogens (tertiary/aromatic N) is 1. The fraction of sp³-hybridized carbons (Fsp3) is 0.429. The first-order valence-electron chi connectivity index (χ1n) is 6.71. The minimum atomic E-state index is -4.80. The molecule has 0 heterocycles. The summed E-state index contributed by atoms with van der Waals surface area (Å²) in [6.07, 6.45) is 1.52. The van der Waals surface area contributed by atoms with Gasteiger partial charge >= 0.3 is 6.36 Å². The van der Waals surface area contributed by atoms with Gasteiger partial charge in [-0.2, -0.15) is 4.31 Å². The first-order valence-corrected chi connectivity index (χ1v) is 8.15. The van der Waals surface area contributed by atoms with Crippen LogP contribution in [0.1, 0.15) is 19.3 Å². The summed E-state index contributed by atoms with van der Waals surface area (Å²) in [6, 6.07) is 3.97. The highest BCUT2D eigenvalue weighted by atomic mass is 32.2. The van der Waals surface area contributed by atoms with E-state index in [0.29, 0.717) is 0 Å². The molecule has 8 heteroatoms. The van der Waals surface area contributed by atoms with Crippen molar-refractivity contribution in [2.45, 2.75) is 36.6 Å². The number of likely N-dealkylation sites (N-methyl/N-ethyl adjacent to an activating group) is 1. The van der Waals surface area contributed by atoms with Gasteiger partial charge in [-0.25, -0.2) is 8.42 Å². The standard InChI is InChI=1S/C14H16F3NO3S/c1-18(11-5-3-2-4-6-11)22(19,20)13-9-7-12(8-10-13)21-14(15,16)17/h3,5,7-11H,2,4,6H2,1H3. The number of alkyl halides is 3. The fourth-order valence-electron chi connectivity index (χ4n) is 2.26. The Balaban J connectivity index is 2.18. The zero-order valence-electron chi connectivity index (χ0n) is 11.9. The molecule has 4 nitrogen and oxygen atoms in total. The number of rotatable bonds is 4. The third-order valence-electron chi connectivity index (χ3n) is 3.43. The van der Waals surface area contributed by atoms with E-state index in [1.165, 1.54) is 11.4 Å². The largest absolute Gasteiger partial charge is 0.573 e. The smallest absolute Gasteiger partial charge is 0.406 e. The molecule has 0 bridgehead atoms. The highest BCUT2D eigenvalue weighted by Crippen LogP contribution is 2.26. The lowest BCUT2D eigenvalue weighted by Gasteiger charge is -2.27. The van der Waals surface area contributed by atoms with Crippen molar-refractivity contribution in [1.29, 1.82) is 0 Å². The first-order chi connectivity index (χ1) is 10.2. The molecule has 1 aliphatic rings. The molecule has 0 fully saturated rings. The summed E-state index contributed by atoms with van der Waals surface area (Å²) in [4.78, 5) is -0.0662. The predicted octanol–water partition coefficient (Wildman–Crippen LogP) is 3.31. The van der Waals surface area contributed by atoms with E-state index >= 15 is 0 Å². The van der Waals surface area contributed by atoms with Gasteiger partial charge in [0.2, 0.25) is 10.0 Å². The summed E-state index contributed by atoms with van der Waals surface area (Å²) in [7, 11) is -2.29. The van der Waals surface area contributed by atoms with Crippen molar-refractivity contribution in [3.63, 3.8) is 0 Å². The zero-order valence-corrected chi connectivity index (χ0v) is 12.7. The van der Waals surface area contributed by atoms with Gasteiger partial charge in [0.1, 0.15) is 5.75 Å². The van der Waals surface area contributed by atoms with Gasteiger partial charge in [0.25, 0.3) is 0 Å². The van der Waals surface area contributed by atoms with E-state index in [-0.39, 0.29) is 10.9 Å². The van der Waals surface area contributed by atoms with Crippen molar-refractivity contribution in [2.75, 3.05) is 7.05 Å². The molecule has 0 radical (unpaired) electrons. The Morgan fingerprint density at radius 3 is 2.36 bits per heavy atom. The van der Waals surface area contributed by atoms with Crippen molar-refractivity contribution < 1.29 is 26.3 Å². The van der Waals surface area contributed by atoms with Crippen LogP contribution in [0.5, 0.6) is 5.75 Å². The zero-order chi connectivity index (χ0) is 16.4. The molecule has 0 spiro atoms. The quantitative estimate of drug-likeness (QED) is 0.793. The molecular weight excluding hydrogens is 319 g/mol. The van der Waals surface area contributed by atoms with Gasteiger partial charge in [0, 0.05) is 13.1 Å². The number of sulfonamides is 1. The number of hydrogen-bond acceptors (Lipinski definition) is 3. The van der Waals surface area contributed by atoms with E-state index < -0.39 is 22.1 Å². The molecular formula is C14H16F3NO3S. The SMILES string of the molecule is CN(C1C=CCCC1)S(=O)(=O)c1ccc(OC(F)(F)F)cc1. The van der Waals surface area contributed by atoms with Gasteiger partial charge in [0.05, 0.1) is 4.90 Å². The number of ether oxygens (including phenoxy) is 1. The average molecular weight is 335 g/mol. The molecule has 1 aromatic rings. The Bertz CT molecular complexity index is 638. The van der Waals surface area contributed by atoms with Gasteiger partial charge in [-0.05, 0) is 43.5 Å². The van der Waals surface area contributed by atoms with Crippen LogP contribution in [0, 0.1) is 0 Å². The van der Waals surface area contributed by atoms with Crippen LogP contribution in [0.4, 0.5) is 13.2 Å². The van der Waals surface area contributed by atoms with Gasteiger partial charge in [-0.15, -0.1) is 13.2 Å². The van der Waals surface area contributed by atoms with Crippen LogP contribution >= 0.6 is 0 Å². The van der Waals surface area contributed by atoms with Gasteiger partial charge in [-0.3, -0.25) is 0 Å². The summed E-state index contributed by atoms with van der Waals surface area (Å²) >= 11 is 0. The van der Waals surface area contributed by atoms with E-state index in [9.17, 15) is 21.6 Å². The van der Waals surface area contributed by atoms with Crippen LogP contribution in [-0.2, 0) is 10.0 Å². The monoisotopic (exact) mass is 335 g/mol. The van der Waals surface area contributed by atoms with Crippen LogP contribution in [0.25, 0.3) is 0 Å². The molecule has 0 saturated heterocycles. The summed E-state index contributed by atoms with van der Waals surface area (Å²) < 4.78 is 66.2. The lowest BCUT2D eigenvalue weighted by atomic mass is 10.0. The molecule has 0 saturated carbocycles. The summed E-state index contributed by atoms with van der Waals surface area (Å²) in [6.45, 7) is 0. The first kappa shape index (κ1) is 16.8. The van der Waals surface area contributed by atoms with Crippen molar-refractivity contribution in [2.24, 2.45) is 0 Å². The molecule has 0 N–H and O–H groups in total. The van der Waals surface area contributed by atoms with Crippen LogP contribution in [0.2, 0.25) is 0 Å². The van der Waals surface area contributed by atoms with Crippen LogP contribution in [-0.4, -0.2) is 32.2 Å². The maximum Gasteiger partial charge on any atom is 0.573 e. The predicted molar refractivity (Wildman–Crippen MR) is 74.9 cm³/mol. The molecule has 1 atom stereocenters. The van der Waals surface area contributed by atoms with Crippen molar-refractivity contribution in [3.05, 3.63) is 36.4 Å². The van der Waals surface area contributed by atoms with Gasteiger partial charge in [-0.1, -0.05) is 12.2 Å². The molecule has 122 valence electrons. The van der Waals surface area contributed by atoms with Crippen molar-refractivity contribution >= 4 is 10.0 Å². The summed E-state index contributed by atoms with van der Waals surface area (Å²) in [5, 5.41) is 0. The maximum absolute atomic E-state index is 12.5. The van der Waals surface area contributed by atoms with E-state index in [1.807, 2.05) is 12.2 Å². The maximum atomic E-state index is 12.5. The van der Waals surface area contributed by atoms with E-state index in [1.54, 1.807) is 0 Å². The van der Waals surface area contributed by atoms with E-state index in [4.69, 9.17) is 0 Å². The third kappa shape index (κ3) is 4.01. The highest BCUT2D eigenvalue weighted by molar-refractivity contribution is 7.89.